The molecule has 0 spiro atoms. The van der Waals surface area contributed by atoms with Crippen LogP contribution in [0.5, 0.6) is 5.19 Å². The SMILES string of the molecule is COc1nn2cc(-c3cc4ccccn4n3)nc2s1. The number of imidazole rings is 1. The predicted molar refractivity (Wildman–Crippen MR) is 71.6 cm³/mol. The van der Waals surface area contributed by atoms with E-state index < -0.39 is 0 Å². The van der Waals surface area contributed by atoms with Crippen molar-refractivity contribution in [2.45, 2.75) is 0 Å². The molecule has 0 amide bonds. The fraction of sp³-hybridized carbons (Fsp3) is 0.0833. The minimum absolute atomic E-state index is 0.601. The molecule has 4 aromatic heterocycles. The molecule has 0 fully saturated rings. The summed E-state index contributed by atoms with van der Waals surface area (Å²) in [6, 6.07) is 7.95. The average Bonchev–Trinajstić information content (AvgIpc) is 3.09. The maximum atomic E-state index is 5.08. The molecule has 0 aliphatic rings. The van der Waals surface area contributed by atoms with Gasteiger partial charge in [-0.3, -0.25) is 0 Å². The second kappa shape index (κ2) is 3.79. The Hall–Kier alpha value is -2.41. The van der Waals surface area contributed by atoms with Crippen molar-refractivity contribution in [1.82, 2.24) is 24.2 Å². The monoisotopic (exact) mass is 271 g/mol. The Morgan fingerprint density at radius 3 is 2.89 bits per heavy atom. The van der Waals surface area contributed by atoms with Gasteiger partial charge in [-0.15, -0.1) is 5.10 Å². The van der Waals surface area contributed by atoms with Crippen LogP contribution in [0, 0.1) is 0 Å². The second-order valence-corrected chi connectivity index (χ2v) is 4.94. The van der Waals surface area contributed by atoms with Crippen molar-refractivity contribution in [2.24, 2.45) is 0 Å². The topological polar surface area (TPSA) is 56.7 Å². The van der Waals surface area contributed by atoms with E-state index >= 15 is 0 Å². The van der Waals surface area contributed by atoms with Crippen molar-refractivity contribution in [1.29, 1.82) is 0 Å². The highest BCUT2D eigenvalue weighted by Crippen LogP contribution is 2.25. The first-order chi connectivity index (χ1) is 9.33. The van der Waals surface area contributed by atoms with Crippen LogP contribution in [0.4, 0.5) is 0 Å². The number of aromatic nitrogens is 5. The first-order valence-corrected chi connectivity index (χ1v) is 6.50. The molecular formula is C12H9N5OS. The minimum atomic E-state index is 0.601. The van der Waals surface area contributed by atoms with Gasteiger partial charge in [-0.05, 0) is 29.5 Å². The van der Waals surface area contributed by atoms with E-state index in [4.69, 9.17) is 4.74 Å². The molecular weight excluding hydrogens is 262 g/mol. The molecule has 94 valence electrons. The van der Waals surface area contributed by atoms with E-state index in [0.717, 1.165) is 21.9 Å². The Balaban J connectivity index is 1.86. The lowest BCUT2D eigenvalue weighted by molar-refractivity contribution is 0.405. The normalized spacial score (nSPS) is 11.4. The van der Waals surface area contributed by atoms with Crippen molar-refractivity contribution in [3.63, 3.8) is 0 Å². The molecule has 0 aliphatic heterocycles. The zero-order chi connectivity index (χ0) is 12.8. The van der Waals surface area contributed by atoms with Crippen LogP contribution in [0.15, 0.2) is 36.7 Å². The van der Waals surface area contributed by atoms with E-state index in [1.54, 1.807) is 11.6 Å². The van der Waals surface area contributed by atoms with Crippen LogP contribution in [0.1, 0.15) is 0 Å². The fourth-order valence-corrected chi connectivity index (χ4v) is 2.65. The van der Waals surface area contributed by atoms with Crippen molar-refractivity contribution in [3.05, 3.63) is 36.7 Å². The molecule has 0 saturated heterocycles. The third-order valence-electron chi connectivity index (χ3n) is 2.83. The number of hydrogen-bond donors (Lipinski definition) is 0. The summed E-state index contributed by atoms with van der Waals surface area (Å²) in [5.41, 5.74) is 2.69. The molecule has 0 bridgehead atoms. The van der Waals surface area contributed by atoms with E-state index in [-0.39, 0.29) is 0 Å². The van der Waals surface area contributed by atoms with E-state index in [9.17, 15) is 0 Å². The maximum absolute atomic E-state index is 5.08. The highest BCUT2D eigenvalue weighted by molar-refractivity contribution is 7.18. The Labute approximate surface area is 111 Å². The van der Waals surface area contributed by atoms with Crippen molar-refractivity contribution in [2.75, 3.05) is 7.11 Å². The third kappa shape index (κ3) is 1.59. The van der Waals surface area contributed by atoms with Gasteiger partial charge in [0.1, 0.15) is 11.4 Å². The molecule has 19 heavy (non-hydrogen) atoms. The van der Waals surface area contributed by atoms with E-state index in [1.807, 2.05) is 41.2 Å². The van der Waals surface area contributed by atoms with Crippen molar-refractivity contribution >= 4 is 21.8 Å². The van der Waals surface area contributed by atoms with Crippen molar-refractivity contribution < 1.29 is 4.74 Å². The highest BCUT2D eigenvalue weighted by atomic mass is 32.1. The molecule has 4 rings (SSSR count). The number of nitrogens with zero attached hydrogens (tertiary/aromatic N) is 5. The summed E-state index contributed by atoms with van der Waals surface area (Å²) in [7, 11) is 1.60. The Morgan fingerprint density at radius 1 is 1.16 bits per heavy atom. The second-order valence-electron chi connectivity index (χ2n) is 4.03. The van der Waals surface area contributed by atoms with Crippen LogP contribution in [0.25, 0.3) is 21.9 Å². The molecule has 4 aromatic rings. The minimum Gasteiger partial charge on any atom is -0.472 e. The summed E-state index contributed by atoms with van der Waals surface area (Å²) in [6.07, 6.45) is 3.77. The molecule has 0 aromatic carbocycles. The molecule has 0 radical (unpaired) electrons. The summed E-state index contributed by atoms with van der Waals surface area (Å²) in [5, 5.41) is 9.33. The zero-order valence-electron chi connectivity index (χ0n) is 10.0. The lowest BCUT2D eigenvalue weighted by Gasteiger charge is -1.88. The van der Waals surface area contributed by atoms with Crippen LogP contribution in [0.2, 0.25) is 0 Å². The lowest BCUT2D eigenvalue weighted by atomic mass is 10.3. The van der Waals surface area contributed by atoms with Gasteiger partial charge < -0.3 is 4.74 Å². The summed E-state index contributed by atoms with van der Waals surface area (Å²) in [6.45, 7) is 0. The smallest absolute Gasteiger partial charge is 0.294 e. The highest BCUT2D eigenvalue weighted by Gasteiger charge is 2.12. The van der Waals surface area contributed by atoms with Gasteiger partial charge in [-0.1, -0.05) is 6.07 Å². The average molecular weight is 271 g/mol. The number of hydrogen-bond acceptors (Lipinski definition) is 5. The number of ether oxygens (including phenoxy) is 1. The Bertz CT molecular complexity index is 810. The fourth-order valence-electron chi connectivity index (χ4n) is 1.95. The molecule has 0 N–H and O–H groups in total. The Kier molecular flexibility index (Phi) is 2.10. The number of methoxy groups -OCH3 is 1. The number of pyridine rings is 1. The summed E-state index contributed by atoms with van der Waals surface area (Å²) in [4.78, 5) is 5.31. The van der Waals surface area contributed by atoms with E-state index in [1.165, 1.54) is 11.3 Å². The van der Waals surface area contributed by atoms with Gasteiger partial charge in [-0.2, -0.15) is 5.10 Å². The Morgan fingerprint density at radius 2 is 2.11 bits per heavy atom. The summed E-state index contributed by atoms with van der Waals surface area (Å²) >= 11 is 1.40. The van der Waals surface area contributed by atoms with Crippen LogP contribution in [-0.2, 0) is 0 Å². The first kappa shape index (κ1) is 10.5. The van der Waals surface area contributed by atoms with Crippen LogP contribution in [-0.4, -0.2) is 31.3 Å². The van der Waals surface area contributed by atoms with Crippen LogP contribution < -0.4 is 4.74 Å². The van der Waals surface area contributed by atoms with E-state index in [2.05, 4.69) is 15.2 Å². The van der Waals surface area contributed by atoms with Gasteiger partial charge in [-0.25, -0.2) is 14.0 Å². The molecule has 4 heterocycles. The van der Waals surface area contributed by atoms with Gasteiger partial charge in [0.2, 0.25) is 4.96 Å². The first-order valence-electron chi connectivity index (χ1n) is 5.68. The number of fused-ring (bicyclic) bond motifs is 2. The molecule has 0 aliphatic carbocycles. The molecule has 0 unspecified atom stereocenters. The van der Waals surface area contributed by atoms with E-state index in [0.29, 0.717) is 5.19 Å². The lowest BCUT2D eigenvalue weighted by Crippen LogP contribution is -1.86. The van der Waals surface area contributed by atoms with Gasteiger partial charge in [0.05, 0.1) is 18.8 Å². The third-order valence-corrected chi connectivity index (χ3v) is 3.72. The van der Waals surface area contributed by atoms with Crippen LogP contribution >= 0.6 is 11.3 Å². The van der Waals surface area contributed by atoms with Crippen molar-refractivity contribution in [3.8, 4) is 16.6 Å². The maximum Gasteiger partial charge on any atom is 0.294 e. The summed E-state index contributed by atoms with van der Waals surface area (Å²) < 4.78 is 8.62. The molecule has 0 saturated carbocycles. The van der Waals surface area contributed by atoms with Gasteiger partial charge in [0.15, 0.2) is 0 Å². The molecule has 7 heteroatoms. The van der Waals surface area contributed by atoms with Gasteiger partial charge >= 0.3 is 0 Å². The summed E-state index contributed by atoms with van der Waals surface area (Å²) in [5.74, 6) is 0. The molecule has 6 nitrogen and oxygen atoms in total. The predicted octanol–water partition coefficient (Wildman–Crippen LogP) is 2.11. The van der Waals surface area contributed by atoms with Gasteiger partial charge in [0.25, 0.3) is 5.19 Å². The largest absolute Gasteiger partial charge is 0.472 e. The zero-order valence-corrected chi connectivity index (χ0v) is 10.8. The van der Waals surface area contributed by atoms with Crippen LogP contribution in [0.3, 0.4) is 0 Å². The molecule has 0 atom stereocenters. The standard InChI is InChI=1S/C12H9N5OS/c1-18-12-15-17-7-10(13-11(17)19-12)9-6-8-4-2-3-5-16(8)14-9/h2-7H,1H3. The number of rotatable bonds is 2. The van der Waals surface area contributed by atoms with Gasteiger partial charge in [0, 0.05) is 6.20 Å². The quantitative estimate of drug-likeness (QED) is 0.560.